The van der Waals surface area contributed by atoms with Gasteiger partial charge in [0.05, 0.1) is 23.1 Å². The Balaban J connectivity index is 1.74. The third kappa shape index (κ3) is 2.26. The van der Waals surface area contributed by atoms with Gasteiger partial charge in [-0.1, -0.05) is 11.6 Å². The fourth-order valence-corrected chi connectivity index (χ4v) is 2.44. The molecule has 1 unspecified atom stereocenters. The molecule has 1 aromatic rings. The number of carbonyl (C=O) groups is 2. The Kier molecular flexibility index (Phi) is 2.86. The van der Waals surface area contributed by atoms with Crippen LogP contribution in [0.15, 0.2) is 12.1 Å². The Morgan fingerprint density at radius 3 is 2.89 bits per heavy atom. The van der Waals surface area contributed by atoms with Gasteiger partial charge in [0.25, 0.3) is 0 Å². The van der Waals surface area contributed by atoms with E-state index < -0.39 is 24.0 Å². The molecule has 0 radical (unpaired) electrons. The number of ether oxygens (including phenoxy) is 2. The van der Waals surface area contributed by atoms with E-state index in [4.69, 9.17) is 26.2 Å². The molecule has 3 rings (SSSR count). The van der Waals surface area contributed by atoms with Gasteiger partial charge in [-0.25, -0.2) is 4.79 Å². The smallest absolute Gasteiger partial charge is 0.338 e. The van der Waals surface area contributed by atoms with Crippen LogP contribution in [0.1, 0.15) is 22.3 Å². The minimum atomic E-state index is -0.932. The Hall–Kier alpha value is -1.75. The minimum Gasteiger partial charge on any atom is -0.491 e. The number of carbonyl (C=O) groups excluding carboxylic acids is 1. The van der Waals surface area contributed by atoms with Crippen LogP contribution in [0.25, 0.3) is 0 Å². The van der Waals surface area contributed by atoms with E-state index >= 15 is 0 Å². The van der Waals surface area contributed by atoms with E-state index in [1.807, 2.05) is 0 Å². The number of aliphatic carboxylic acids is 1. The molecule has 19 heavy (non-hydrogen) atoms. The molecule has 0 bridgehead atoms. The van der Waals surface area contributed by atoms with Crippen molar-refractivity contribution in [2.75, 3.05) is 6.61 Å². The summed E-state index contributed by atoms with van der Waals surface area (Å²) in [6.07, 6.45) is 0.563. The Labute approximate surface area is 114 Å². The molecular formula is C13H11ClO5. The first-order valence-electron chi connectivity index (χ1n) is 5.95. The lowest BCUT2D eigenvalue weighted by atomic mass is 10.1. The topological polar surface area (TPSA) is 72.8 Å². The van der Waals surface area contributed by atoms with Crippen LogP contribution in [0.4, 0.5) is 0 Å². The van der Waals surface area contributed by atoms with Crippen molar-refractivity contribution in [3.05, 3.63) is 28.3 Å². The van der Waals surface area contributed by atoms with Gasteiger partial charge in [0.15, 0.2) is 0 Å². The van der Waals surface area contributed by atoms with Crippen LogP contribution in [0.5, 0.6) is 5.75 Å². The van der Waals surface area contributed by atoms with E-state index in [1.54, 1.807) is 6.07 Å². The second-order valence-corrected chi connectivity index (χ2v) is 5.08. The molecule has 5 nitrogen and oxygen atoms in total. The van der Waals surface area contributed by atoms with Gasteiger partial charge in [-0.2, -0.15) is 0 Å². The zero-order chi connectivity index (χ0) is 13.6. The summed E-state index contributed by atoms with van der Waals surface area (Å²) in [5, 5.41) is 9.13. The normalized spacial score (nSPS) is 23.4. The molecule has 1 aliphatic heterocycles. The maximum atomic E-state index is 11.9. The lowest BCUT2D eigenvalue weighted by Gasteiger charge is -2.07. The lowest BCUT2D eigenvalue weighted by molar-refractivity contribution is -0.139. The maximum absolute atomic E-state index is 11.9. The van der Waals surface area contributed by atoms with E-state index in [9.17, 15) is 9.59 Å². The highest BCUT2D eigenvalue weighted by Gasteiger charge is 2.46. The van der Waals surface area contributed by atoms with Crippen molar-refractivity contribution in [2.45, 2.75) is 18.9 Å². The van der Waals surface area contributed by atoms with E-state index in [2.05, 4.69) is 0 Å². The predicted octanol–water partition coefficient (Wildman–Crippen LogP) is 1.90. The van der Waals surface area contributed by atoms with Gasteiger partial charge in [0, 0.05) is 12.8 Å². The van der Waals surface area contributed by atoms with Crippen LogP contribution >= 0.6 is 11.6 Å². The van der Waals surface area contributed by atoms with E-state index in [1.165, 1.54) is 6.07 Å². The third-order valence-corrected chi connectivity index (χ3v) is 3.56. The van der Waals surface area contributed by atoms with Crippen LogP contribution in [-0.4, -0.2) is 29.8 Å². The molecule has 0 saturated heterocycles. The number of benzene rings is 1. The number of fused-ring (bicyclic) bond motifs is 1. The van der Waals surface area contributed by atoms with Gasteiger partial charge < -0.3 is 14.6 Å². The second kappa shape index (κ2) is 4.42. The molecule has 1 heterocycles. The standard InChI is InChI=1S/C13H11ClO5/c14-9-4-7(3-6-1-2-18-11(6)9)13(17)19-10-5-8(10)12(15)16/h3-4,8,10H,1-2,5H2,(H,15,16)/t8-,10?/m0/s1. The molecule has 1 N–H and O–H groups in total. The zero-order valence-corrected chi connectivity index (χ0v) is 10.6. The fraction of sp³-hybridized carbons (Fsp3) is 0.385. The van der Waals surface area contributed by atoms with Gasteiger partial charge >= 0.3 is 11.9 Å². The molecule has 1 aliphatic carbocycles. The van der Waals surface area contributed by atoms with Crippen molar-refractivity contribution in [3.8, 4) is 5.75 Å². The highest BCUT2D eigenvalue weighted by Crippen LogP contribution is 2.37. The van der Waals surface area contributed by atoms with Crippen molar-refractivity contribution in [2.24, 2.45) is 5.92 Å². The molecule has 0 spiro atoms. The van der Waals surface area contributed by atoms with Gasteiger partial charge in [-0.15, -0.1) is 0 Å². The molecule has 6 heteroatoms. The van der Waals surface area contributed by atoms with Gasteiger partial charge in [0.1, 0.15) is 11.9 Å². The summed E-state index contributed by atoms with van der Waals surface area (Å²) in [4.78, 5) is 22.6. The summed E-state index contributed by atoms with van der Waals surface area (Å²) in [6, 6.07) is 3.18. The fourth-order valence-electron chi connectivity index (χ4n) is 2.15. The largest absolute Gasteiger partial charge is 0.491 e. The van der Waals surface area contributed by atoms with Crippen LogP contribution < -0.4 is 4.74 Å². The predicted molar refractivity (Wildman–Crippen MR) is 65.6 cm³/mol. The van der Waals surface area contributed by atoms with Crippen LogP contribution in [0.2, 0.25) is 5.02 Å². The lowest BCUT2D eigenvalue weighted by Crippen LogP contribution is -2.11. The molecule has 1 aromatic carbocycles. The molecular weight excluding hydrogens is 272 g/mol. The molecule has 2 atom stereocenters. The highest BCUT2D eigenvalue weighted by atomic mass is 35.5. The minimum absolute atomic E-state index is 0.338. The van der Waals surface area contributed by atoms with Crippen molar-refractivity contribution in [1.82, 2.24) is 0 Å². The summed E-state index contributed by atoms with van der Waals surface area (Å²) < 4.78 is 10.5. The molecule has 1 fully saturated rings. The summed E-state index contributed by atoms with van der Waals surface area (Å²) in [6.45, 7) is 0.553. The Morgan fingerprint density at radius 2 is 2.21 bits per heavy atom. The molecule has 1 saturated carbocycles. The zero-order valence-electron chi connectivity index (χ0n) is 9.89. The van der Waals surface area contributed by atoms with E-state index in [0.717, 1.165) is 5.56 Å². The Morgan fingerprint density at radius 1 is 1.42 bits per heavy atom. The Bertz CT molecular complexity index is 568. The maximum Gasteiger partial charge on any atom is 0.338 e. The van der Waals surface area contributed by atoms with Crippen molar-refractivity contribution in [3.63, 3.8) is 0 Å². The van der Waals surface area contributed by atoms with E-state index in [0.29, 0.717) is 35.8 Å². The van der Waals surface area contributed by atoms with Crippen LogP contribution in [0, 0.1) is 5.92 Å². The first-order valence-corrected chi connectivity index (χ1v) is 6.33. The van der Waals surface area contributed by atoms with Crippen LogP contribution in [-0.2, 0) is 16.0 Å². The SMILES string of the molecule is O=C(OC1C[C@@H]1C(=O)O)c1cc(Cl)c2c(c1)CCO2. The first-order chi connectivity index (χ1) is 9.06. The molecule has 2 aliphatic rings. The summed E-state index contributed by atoms with van der Waals surface area (Å²) in [5.41, 5.74) is 1.22. The monoisotopic (exact) mass is 282 g/mol. The summed E-state index contributed by atoms with van der Waals surface area (Å²) in [5.74, 6) is -1.42. The third-order valence-electron chi connectivity index (χ3n) is 3.28. The van der Waals surface area contributed by atoms with E-state index in [-0.39, 0.29) is 0 Å². The molecule has 100 valence electrons. The molecule has 0 amide bonds. The van der Waals surface area contributed by atoms with Gasteiger partial charge in [-0.3, -0.25) is 4.79 Å². The number of carboxylic acids is 1. The first kappa shape index (κ1) is 12.3. The number of hydrogen-bond donors (Lipinski definition) is 1. The summed E-state index contributed by atoms with van der Waals surface area (Å²) in [7, 11) is 0. The average Bonchev–Trinajstić information content (AvgIpc) is 2.96. The second-order valence-electron chi connectivity index (χ2n) is 4.67. The van der Waals surface area contributed by atoms with Gasteiger partial charge in [-0.05, 0) is 17.7 Å². The van der Waals surface area contributed by atoms with Crippen molar-refractivity contribution >= 4 is 23.5 Å². The molecule has 0 aromatic heterocycles. The quantitative estimate of drug-likeness (QED) is 0.857. The van der Waals surface area contributed by atoms with Crippen LogP contribution in [0.3, 0.4) is 0 Å². The number of hydrogen-bond acceptors (Lipinski definition) is 4. The number of esters is 1. The summed E-state index contributed by atoms with van der Waals surface area (Å²) >= 11 is 6.02. The number of rotatable bonds is 3. The average molecular weight is 283 g/mol. The highest BCUT2D eigenvalue weighted by molar-refractivity contribution is 6.32. The van der Waals surface area contributed by atoms with Gasteiger partial charge in [0.2, 0.25) is 0 Å². The number of halogens is 1. The van der Waals surface area contributed by atoms with Crippen molar-refractivity contribution in [1.29, 1.82) is 0 Å². The van der Waals surface area contributed by atoms with Crippen molar-refractivity contribution < 1.29 is 24.2 Å². The number of carboxylic acid groups (broad SMARTS) is 1.